The minimum absolute atomic E-state index is 0.170. The SMILES string of the molecule is ON(OC1CCCCC1)c1ccccc1. The van der Waals surface area contributed by atoms with E-state index in [9.17, 15) is 5.21 Å². The van der Waals surface area contributed by atoms with Crippen LogP contribution >= 0.6 is 0 Å². The Labute approximate surface area is 90.2 Å². The normalized spacial score (nSPS) is 17.7. The third kappa shape index (κ3) is 2.94. The fourth-order valence-corrected chi connectivity index (χ4v) is 1.93. The van der Waals surface area contributed by atoms with Gasteiger partial charge in [-0.2, -0.15) is 0 Å². The fraction of sp³-hybridized carbons (Fsp3) is 0.500. The largest absolute Gasteiger partial charge is 0.264 e. The molecule has 0 amide bonds. The van der Waals surface area contributed by atoms with Crippen molar-refractivity contribution in [1.29, 1.82) is 0 Å². The van der Waals surface area contributed by atoms with E-state index in [1.54, 1.807) is 0 Å². The average Bonchev–Trinajstić information content (AvgIpc) is 2.31. The van der Waals surface area contributed by atoms with Crippen LogP contribution in [0.25, 0.3) is 0 Å². The van der Waals surface area contributed by atoms with Crippen LogP contribution in [0.4, 0.5) is 5.69 Å². The van der Waals surface area contributed by atoms with Crippen LogP contribution in [0.2, 0.25) is 0 Å². The lowest BCUT2D eigenvalue weighted by Gasteiger charge is -2.26. The topological polar surface area (TPSA) is 32.7 Å². The lowest BCUT2D eigenvalue weighted by atomic mass is 9.98. The van der Waals surface area contributed by atoms with Crippen LogP contribution in [0.3, 0.4) is 0 Å². The van der Waals surface area contributed by atoms with Crippen molar-refractivity contribution in [3.63, 3.8) is 0 Å². The Hall–Kier alpha value is -1.06. The van der Waals surface area contributed by atoms with Gasteiger partial charge in [0.25, 0.3) is 0 Å². The second-order valence-corrected chi connectivity index (χ2v) is 3.97. The van der Waals surface area contributed by atoms with Crippen LogP contribution in [0.15, 0.2) is 30.3 Å². The maximum Gasteiger partial charge on any atom is 0.0945 e. The number of nitrogens with zero attached hydrogens (tertiary/aromatic N) is 1. The molecule has 0 unspecified atom stereocenters. The zero-order valence-electron chi connectivity index (χ0n) is 8.80. The van der Waals surface area contributed by atoms with Crippen molar-refractivity contribution in [1.82, 2.24) is 0 Å². The molecular weight excluding hydrogens is 190 g/mol. The van der Waals surface area contributed by atoms with Gasteiger partial charge in [0.2, 0.25) is 0 Å². The van der Waals surface area contributed by atoms with Crippen molar-refractivity contribution in [3.8, 4) is 0 Å². The summed E-state index contributed by atoms with van der Waals surface area (Å²) >= 11 is 0. The Balaban J connectivity index is 1.88. The molecule has 1 saturated carbocycles. The fourth-order valence-electron chi connectivity index (χ4n) is 1.93. The first-order chi connectivity index (χ1) is 7.36. The molecule has 1 aliphatic carbocycles. The molecule has 0 radical (unpaired) electrons. The summed E-state index contributed by atoms with van der Waals surface area (Å²) < 4.78 is 0. The molecular formula is C12H17NO2. The molecule has 1 aromatic carbocycles. The van der Waals surface area contributed by atoms with E-state index in [4.69, 9.17) is 4.84 Å². The van der Waals surface area contributed by atoms with Crippen LogP contribution in [-0.2, 0) is 4.84 Å². The first kappa shape index (κ1) is 10.5. The van der Waals surface area contributed by atoms with Crippen LogP contribution in [0.1, 0.15) is 32.1 Å². The second-order valence-electron chi connectivity index (χ2n) is 3.97. The highest BCUT2D eigenvalue weighted by molar-refractivity contribution is 5.40. The second kappa shape index (κ2) is 5.14. The number of para-hydroxylation sites is 1. The zero-order chi connectivity index (χ0) is 10.5. The third-order valence-corrected chi connectivity index (χ3v) is 2.78. The van der Waals surface area contributed by atoms with Gasteiger partial charge in [-0.3, -0.25) is 5.21 Å². The minimum Gasteiger partial charge on any atom is -0.264 e. The Kier molecular flexibility index (Phi) is 3.59. The van der Waals surface area contributed by atoms with Gasteiger partial charge in [-0.05, 0) is 25.0 Å². The van der Waals surface area contributed by atoms with E-state index in [0.717, 1.165) is 18.1 Å². The van der Waals surface area contributed by atoms with Crippen molar-refractivity contribution in [2.45, 2.75) is 38.2 Å². The van der Waals surface area contributed by atoms with Gasteiger partial charge in [0.15, 0.2) is 0 Å². The molecule has 82 valence electrons. The van der Waals surface area contributed by atoms with E-state index in [1.807, 2.05) is 30.3 Å². The highest BCUT2D eigenvalue weighted by atomic mass is 16.9. The average molecular weight is 207 g/mol. The lowest BCUT2D eigenvalue weighted by molar-refractivity contribution is -0.0946. The maximum absolute atomic E-state index is 9.68. The Bertz CT molecular complexity index is 283. The summed E-state index contributed by atoms with van der Waals surface area (Å²) in [4.78, 5) is 5.47. The van der Waals surface area contributed by atoms with Gasteiger partial charge in [-0.15, -0.1) is 5.23 Å². The number of hydrogen-bond donors (Lipinski definition) is 1. The van der Waals surface area contributed by atoms with Crippen molar-refractivity contribution in [2.24, 2.45) is 0 Å². The standard InChI is InChI=1S/C12H17NO2/c14-13(11-7-3-1-4-8-11)15-12-9-5-2-6-10-12/h1,3-4,7-8,12,14H,2,5-6,9-10H2. The summed E-state index contributed by atoms with van der Waals surface area (Å²) in [5, 5.41) is 10.6. The molecule has 1 fully saturated rings. The van der Waals surface area contributed by atoms with Crippen molar-refractivity contribution < 1.29 is 10.0 Å². The summed E-state index contributed by atoms with van der Waals surface area (Å²) in [6.07, 6.45) is 5.95. The molecule has 0 aliphatic heterocycles. The van der Waals surface area contributed by atoms with Crippen molar-refractivity contribution in [2.75, 3.05) is 5.23 Å². The molecule has 0 aromatic heterocycles. The van der Waals surface area contributed by atoms with Crippen LogP contribution in [-0.4, -0.2) is 11.3 Å². The molecule has 2 rings (SSSR count). The lowest BCUT2D eigenvalue weighted by Crippen LogP contribution is -2.28. The number of rotatable bonds is 3. The zero-order valence-corrected chi connectivity index (χ0v) is 8.80. The Morgan fingerprint density at radius 3 is 2.40 bits per heavy atom. The van der Waals surface area contributed by atoms with E-state index in [1.165, 1.54) is 19.3 Å². The molecule has 0 heterocycles. The van der Waals surface area contributed by atoms with Gasteiger partial charge < -0.3 is 0 Å². The van der Waals surface area contributed by atoms with Gasteiger partial charge in [0, 0.05) is 0 Å². The molecule has 1 aromatic rings. The number of anilines is 1. The third-order valence-electron chi connectivity index (χ3n) is 2.78. The highest BCUT2D eigenvalue weighted by Gasteiger charge is 2.17. The van der Waals surface area contributed by atoms with E-state index in [0.29, 0.717) is 5.69 Å². The summed E-state index contributed by atoms with van der Waals surface area (Å²) in [7, 11) is 0. The Morgan fingerprint density at radius 2 is 1.73 bits per heavy atom. The van der Waals surface area contributed by atoms with Crippen LogP contribution < -0.4 is 5.23 Å². The van der Waals surface area contributed by atoms with E-state index >= 15 is 0 Å². The first-order valence-electron chi connectivity index (χ1n) is 5.57. The monoisotopic (exact) mass is 207 g/mol. The summed E-state index contributed by atoms with van der Waals surface area (Å²) in [5.74, 6) is 0. The summed E-state index contributed by atoms with van der Waals surface area (Å²) in [5.41, 5.74) is 0.683. The highest BCUT2D eigenvalue weighted by Crippen LogP contribution is 2.22. The van der Waals surface area contributed by atoms with Crippen LogP contribution in [0, 0.1) is 0 Å². The molecule has 3 heteroatoms. The predicted octanol–water partition coefficient (Wildman–Crippen LogP) is 3.15. The predicted molar refractivity (Wildman–Crippen MR) is 58.7 cm³/mol. The molecule has 15 heavy (non-hydrogen) atoms. The summed E-state index contributed by atoms with van der Waals surface area (Å²) in [6, 6.07) is 9.31. The maximum atomic E-state index is 9.68. The van der Waals surface area contributed by atoms with Crippen molar-refractivity contribution >= 4 is 5.69 Å². The summed E-state index contributed by atoms with van der Waals surface area (Å²) in [6.45, 7) is 0. The van der Waals surface area contributed by atoms with Gasteiger partial charge in [0.1, 0.15) is 0 Å². The molecule has 0 spiro atoms. The van der Waals surface area contributed by atoms with E-state index < -0.39 is 0 Å². The van der Waals surface area contributed by atoms with Crippen molar-refractivity contribution in [3.05, 3.63) is 30.3 Å². The first-order valence-corrected chi connectivity index (χ1v) is 5.57. The molecule has 0 saturated heterocycles. The van der Waals surface area contributed by atoms with Gasteiger partial charge >= 0.3 is 0 Å². The van der Waals surface area contributed by atoms with E-state index in [2.05, 4.69) is 0 Å². The minimum atomic E-state index is 0.170. The van der Waals surface area contributed by atoms with Gasteiger partial charge in [-0.25, -0.2) is 4.84 Å². The number of hydrogen-bond acceptors (Lipinski definition) is 3. The molecule has 3 nitrogen and oxygen atoms in total. The molecule has 0 atom stereocenters. The van der Waals surface area contributed by atoms with Crippen LogP contribution in [0.5, 0.6) is 0 Å². The molecule has 0 bridgehead atoms. The molecule has 1 N–H and O–H groups in total. The smallest absolute Gasteiger partial charge is 0.0945 e. The van der Waals surface area contributed by atoms with Gasteiger partial charge in [-0.1, -0.05) is 37.5 Å². The quantitative estimate of drug-likeness (QED) is 0.773. The molecule has 1 aliphatic rings. The van der Waals surface area contributed by atoms with Gasteiger partial charge in [0.05, 0.1) is 11.8 Å². The van der Waals surface area contributed by atoms with E-state index in [-0.39, 0.29) is 6.10 Å². The Morgan fingerprint density at radius 1 is 1.07 bits per heavy atom. The number of benzene rings is 1.